The normalized spacial score (nSPS) is 25.0. The van der Waals surface area contributed by atoms with Crippen molar-refractivity contribution in [3.05, 3.63) is 95.4 Å². The highest BCUT2D eigenvalue weighted by Crippen LogP contribution is 2.54. The molecule has 0 bridgehead atoms. The molecule has 3 amide bonds. The fourth-order valence-electron chi connectivity index (χ4n) is 6.67. The highest BCUT2D eigenvalue weighted by molar-refractivity contribution is 6.27. The van der Waals surface area contributed by atoms with Gasteiger partial charge in [0.25, 0.3) is 0 Å². The van der Waals surface area contributed by atoms with Gasteiger partial charge in [0.1, 0.15) is 11.4 Å². The molecule has 1 aromatic heterocycles. The lowest BCUT2D eigenvalue weighted by Gasteiger charge is -2.30. The molecule has 3 N–H and O–H groups in total. The number of para-hydroxylation sites is 2. The summed E-state index contributed by atoms with van der Waals surface area (Å²) in [5, 5.41) is 7.06. The van der Waals surface area contributed by atoms with E-state index >= 15 is 0 Å². The number of nitrogens with one attached hydrogen (secondary N) is 3. The third kappa shape index (κ3) is 3.16. The minimum atomic E-state index is -1.68. The van der Waals surface area contributed by atoms with Crippen molar-refractivity contribution in [2.75, 3.05) is 17.3 Å². The van der Waals surface area contributed by atoms with E-state index in [2.05, 4.69) is 15.6 Å². The predicted molar refractivity (Wildman–Crippen MR) is 143 cm³/mol. The molecule has 200 valence electrons. The molecule has 3 aromatic carbocycles. The third-order valence-electron chi connectivity index (χ3n) is 8.34. The van der Waals surface area contributed by atoms with Crippen LogP contribution in [0.5, 0.6) is 0 Å². The number of anilines is 2. The average molecular weight is 539 g/mol. The van der Waals surface area contributed by atoms with Crippen molar-refractivity contribution in [2.45, 2.75) is 18.0 Å². The monoisotopic (exact) mass is 538 g/mol. The molecule has 4 aromatic rings. The van der Waals surface area contributed by atoms with E-state index in [1.807, 2.05) is 30.5 Å². The van der Waals surface area contributed by atoms with Crippen LogP contribution in [-0.4, -0.2) is 41.8 Å². The molecular weight excluding hydrogens is 515 g/mol. The second-order valence-corrected chi connectivity index (χ2v) is 10.3. The minimum absolute atomic E-state index is 0.0455. The zero-order chi connectivity index (χ0) is 27.8. The number of fused-ring (bicyclic) bond motifs is 5. The standard InChI is InChI=1S/C30H23FN4O5/c1-40-28(38)18-7-3-5-9-23(18)35-26(36)24-22(12-15-14-32-20-8-4-2-6-17(15)20)34-30(25(24)27(35)37)19-13-16(31)10-11-21(19)33-29(30)39/h2-11,13-14,22,24-25,32,34H,12H2,1H3,(H,33,39)/t22-,24+,25-,30-/m0/s1. The topological polar surface area (TPSA) is 121 Å². The van der Waals surface area contributed by atoms with Gasteiger partial charge < -0.3 is 15.0 Å². The smallest absolute Gasteiger partial charge is 0.339 e. The van der Waals surface area contributed by atoms with Gasteiger partial charge in [-0.3, -0.25) is 19.7 Å². The van der Waals surface area contributed by atoms with Crippen LogP contribution in [0.1, 0.15) is 21.5 Å². The first-order valence-corrected chi connectivity index (χ1v) is 12.8. The maximum absolute atomic E-state index is 14.6. The highest BCUT2D eigenvalue weighted by Gasteiger charge is 2.70. The maximum Gasteiger partial charge on any atom is 0.339 e. The molecule has 0 radical (unpaired) electrons. The van der Waals surface area contributed by atoms with Gasteiger partial charge in [0, 0.05) is 34.4 Å². The first kappa shape index (κ1) is 24.2. The van der Waals surface area contributed by atoms with Crippen LogP contribution in [0, 0.1) is 17.7 Å². The van der Waals surface area contributed by atoms with Crippen LogP contribution < -0.4 is 15.5 Å². The van der Waals surface area contributed by atoms with Crippen LogP contribution in [0.25, 0.3) is 10.9 Å². The number of esters is 1. The summed E-state index contributed by atoms with van der Waals surface area (Å²) in [6.45, 7) is 0. The fourth-order valence-corrected chi connectivity index (χ4v) is 6.67. The molecule has 10 heteroatoms. The van der Waals surface area contributed by atoms with Gasteiger partial charge in [-0.15, -0.1) is 0 Å². The summed E-state index contributed by atoms with van der Waals surface area (Å²) in [6, 6.07) is 17.2. The number of methoxy groups -OCH3 is 1. The van der Waals surface area contributed by atoms with Crippen molar-refractivity contribution in [2.24, 2.45) is 11.8 Å². The van der Waals surface area contributed by atoms with Crippen LogP contribution in [0.3, 0.4) is 0 Å². The van der Waals surface area contributed by atoms with Gasteiger partial charge in [-0.05, 0) is 48.4 Å². The van der Waals surface area contributed by atoms with E-state index in [-0.39, 0.29) is 16.8 Å². The number of nitrogens with zero attached hydrogens (tertiary/aromatic N) is 1. The van der Waals surface area contributed by atoms with Crippen molar-refractivity contribution in [1.29, 1.82) is 0 Å². The molecule has 0 saturated carbocycles. The molecule has 0 unspecified atom stereocenters. The average Bonchev–Trinajstić information content (AvgIpc) is 3.67. The summed E-state index contributed by atoms with van der Waals surface area (Å²) in [5.74, 6) is -5.14. The summed E-state index contributed by atoms with van der Waals surface area (Å²) in [5.41, 5.74) is 0.908. The van der Waals surface area contributed by atoms with E-state index in [1.165, 1.54) is 37.4 Å². The molecule has 3 aliphatic rings. The SMILES string of the molecule is COC(=O)c1ccccc1N1C(=O)[C@@H]2[C@H](Cc3c[nH]c4ccccc34)N[C@]3(C(=O)Nc4ccc(F)cc43)[C@@H]2C1=O. The first-order chi connectivity index (χ1) is 19.3. The highest BCUT2D eigenvalue weighted by atomic mass is 19.1. The van der Waals surface area contributed by atoms with E-state index in [0.29, 0.717) is 12.1 Å². The molecule has 2 saturated heterocycles. The lowest BCUT2D eigenvalue weighted by Crippen LogP contribution is -2.53. The number of halogens is 1. The minimum Gasteiger partial charge on any atom is -0.465 e. The lowest BCUT2D eigenvalue weighted by molar-refractivity contribution is -0.130. The largest absolute Gasteiger partial charge is 0.465 e. The Morgan fingerprint density at radius 3 is 2.62 bits per heavy atom. The Bertz CT molecular complexity index is 1770. The number of amides is 3. The number of hydrogen-bond donors (Lipinski definition) is 3. The van der Waals surface area contributed by atoms with Crippen LogP contribution in [-0.2, 0) is 31.1 Å². The number of benzene rings is 3. The number of hydrogen-bond acceptors (Lipinski definition) is 6. The van der Waals surface area contributed by atoms with E-state index < -0.39 is 52.9 Å². The second kappa shape index (κ2) is 8.59. The Hall–Kier alpha value is -4.83. The predicted octanol–water partition coefficient (Wildman–Crippen LogP) is 3.26. The molecule has 7 rings (SSSR count). The van der Waals surface area contributed by atoms with Gasteiger partial charge in [0.05, 0.1) is 30.2 Å². The molecule has 4 atom stereocenters. The molecule has 1 spiro atoms. The summed E-state index contributed by atoms with van der Waals surface area (Å²) in [4.78, 5) is 58.9. The quantitative estimate of drug-likeness (QED) is 0.271. The van der Waals surface area contributed by atoms with Crippen LogP contribution in [0.2, 0.25) is 0 Å². The number of ether oxygens (including phenoxy) is 1. The summed E-state index contributed by atoms with van der Waals surface area (Å²) in [7, 11) is 1.21. The van der Waals surface area contributed by atoms with E-state index in [9.17, 15) is 23.6 Å². The van der Waals surface area contributed by atoms with Gasteiger partial charge in [-0.2, -0.15) is 0 Å². The van der Waals surface area contributed by atoms with Gasteiger partial charge in [-0.25, -0.2) is 14.1 Å². The van der Waals surface area contributed by atoms with E-state index in [4.69, 9.17) is 4.74 Å². The van der Waals surface area contributed by atoms with Gasteiger partial charge in [0.2, 0.25) is 17.7 Å². The molecule has 9 nitrogen and oxygen atoms in total. The molecule has 3 aliphatic heterocycles. The maximum atomic E-state index is 14.6. The zero-order valence-corrected chi connectivity index (χ0v) is 21.2. The number of aromatic amines is 1. The molecule has 0 aliphatic carbocycles. The van der Waals surface area contributed by atoms with Crippen LogP contribution in [0.4, 0.5) is 15.8 Å². The van der Waals surface area contributed by atoms with Crippen molar-refractivity contribution < 1.29 is 28.3 Å². The van der Waals surface area contributed by atoms with E-state index in [0.717, 1.165) is 21.4 Å². The Balaban J connectivity index is 1.40. The van der Waals surface area contributed by atoms with Crippen molar-refractivity contribution in [1.82, 2.24) is 10.3 Å². The van der Waals surface area contributed by atoms with Crippen LogP contribution in [0.15, 0.2) is 72.9 Å². The lowest BCUT2D eigenvalue weighted by atomic mass is 9.76. The van der Waals surface area contributed by atoms with Crippen molar-refractivity contribution >= 4 is 46.0 Å². The van der Waals surface area contributed by atoms with Gasteiger partial charge >= 0.3 is 5.97 Å². The first-order valence-electron chi connectivity index (χ1n) is 12.8. The molecular formula is C30H23FN4O5. The second-order valence-electron chi connectivity index (χ2n) is 10.3. The summed E-state index contributed by atoms with van der Waals surface area (Å²) in [6.07, 6.45) is 2.16. The van der Waals surface area contributed by atoms with E-state index in [1.54, 1.807) is 12.1 Å². The number of rotatable bonds is 4. The Morgan fingerprint density at radius 1 is 1.02 bits per heavy atom. The number of carbonyl (C=O) groups is 4. The van der Waals surface area contributed by atoms with Gasteiger partial charge in [-0.1, -0.05) is 30.3 Å². The number of aromatic nitrogens is 1. The van der Waals surface area contributed by atoms with Crippen molar-refractivity contribution in [3.8, 4) is 0 Å². The van der Waals surface area contributed by atoms with Crippen LogP contribution >= 0.6 is 0 Å². The number of H-pyrrole nitrogens is 1. The van der Waals surface area contributed by atoms with Gasteiger partial charge in [0.15, 0.2) is 0 Å². The number of carbonyl (C=O) groups excluding carboxylic acids is 4. The molecule has 4 heterocycles. The Labute approximate surface area is 227 Å². The Morgan fingerprint density at radius 2 is 1.80 bits per heavy atom. The summed E-state index contributed by atoms with van der Waals surface area (Å²) >= 11 is 0. The Kier molecular flexibility index (Phi) is 5.20. The third-order valence-corrected chi connectivity index (χ3v) is 8.34. The fraction of sp³-hybridized carbons (Fsp3) is 0.200. The van der Waals surface area contributed by atoms with Crippen molar-refractivity contribution in [3.63, 3.8) is 0 Å². The molecule has 40 heavy (non-hydrogen) atoms. The summed E-state index contributed by atoms with van der Waals surface area (Å²) < 4.78 is 19.5. The zero-order valence-electron chi connectivity index (χ0n) is 21.2. The molecule has 2 fully saturated rings. The number of imide groups is 1.